The van der Waals surface area contributed by atoms with Gasteiger partial charge >= 0.3 is 0 Å². The van der Waals surface area contributed by atoms with E-state index in [-0.39, 0.29) is 29.4 Å². The lowest BCUT2D eigenvalue weighted by Gasteiger charge is -2.32. The fourth-order valence-corrected chi connectivity index (χ4v) is 3.44. The summed E-state index contributed by atoms with van der Waals surface area (Å²) in [6, 6.07) is 7.18. The molecule has 0 aliphatic carbocycles. The second kappa shape index (κ2) is 9.20. The minimum Gasteiger partial charge on any atom is -0.364 e. The third kappa shape index (κ3) is 4.69. The molecular formula is C20H22N10O2. The third-order valence-corrected chi connectivity index (χ3v) is 4.92. The third-order valence-electron chi connectivity index (χ3n) is 4.92. The standard InChI is InChI=1S/C20H22N10O2/c1-2-16(31)29-10-4-6-14(12-29)25-20-26-19(17(18(21)32)27-28-20)24-13-5-3-7-15(11-13)30-22-8-9-23-30/h2-3,5,7-9,11,14H,1,4,6,10,12H2,(H2,21,32)(H2,24,25,26,28)/t14-/m1/s1. The molecule has 2 aromatic heterocycles. The lowest BCUT2D eigenvalue weighted by molar-refractivity contribution is -0.127. The molecule has 32 heavy (non-hydrogen) atoms. The molecule has 1 fully saturated rings. The van der Waals surface area contributed by atoms with Crippen molar-refractivity contribution in [3.8, 4) is 5.69 Å². The van der Waals surface area contributed by atoms with Crippen LogP contribution in [0.3, 0.4) is 0 Å². The van der Waals surface area contributed by atoms with E-state index in [2.05, 4.69) is 42.6 Å². The minimum atomic E-state index is -0.760. The highest BCUT2D eigenvalue weighted by Crippen LogP contribution is 2.21. The van der Waals surface area contributed by atoms with Gasteiger partial charge in [0.25, 0.3) is 5.91 Å². The zero-order valence-corrected chi connectivity index (χ0v) is 17.2. The first-order valence-corrected chi connectivity index (χ1v) is 9.99. The van der Waals surface area contributed by atoms with E-state index in [0.717, 1.165) is 18.5 Å². The van der Waals surface area contributed by atoms with Crippen molar-refractivity contribution in [1.29, 1.82) is 0 Å². The van der Waals surface area contributed by atoms with E-state index in [0.29, 0.717) is 18.8 Å². The number of hydrogen-bond donors (Lipinski definition) is 3. The molecule has 164 valence electrons. The van der Waals surface area contributed by atoms with Crippen LogP contribution in [0.5, 0.6) is 0 Å². The number of carbonyl (C=O) groups excluding carboxylic acids is 2. The highest BCUT2D eigenvalue weighted by Gasteiger charge is 2.23. The molecule has 4 N–H and O–H groups in total. The Morgan fingerprint density at radius 2 is 2.03 bits per heavy atom. The average Bonchev–Trinajstić information content (AvgIpc) is 3.34. The zero-order chi connectivity index (χ0) is 22.5. The first-order valence-electron chi connectivity index (χ1n) is 9.99. The molecule has 0 bridgehead atoms. The fraction of sp³-hybridized carbons (Fsp3) is 0.250. The molecule has 1 aromatic carbocycles. The van der Waals surface area contributed by atoms with E-state index in [9.17, 15) is 9.59 Å². The van der Waals surface area contributed by atoms with Crippen LogP contribution in [0.25, 0.3) is 5.69 Å². The molecule has 0 unspecified atom stereocenters. The van der Waals surface area contributed by atoms with Gasteiger partial charge in [-0.2, -0.15) is 20.0 Å². The predicted molar refractivity (Wildman–Crippen MR) is 116 cm³/mol. The van der Waals surface area contributed by atoms with Crippen LogP contribution in [0.2, 0.25) is 0 Å². The number of carbonyl (C=O) groups is 2. The quantitative estimate of drug-likeness (QED) is 0.459. The molecule has 12 heteroatoms. The van der Waals surface area contributed by atoms with Crippen molar-refractivity contribution in [2.45, 2.75) is 18.9 Å². The fourth-order valence-electron chi connectivity index (χ4n) is 3.44. The Morgan fingerprint density at radius 3 is 2.78 bits per heavy atom. The van der Waals surface area contributed by atoms with Gasteiger partial charge in [-0.15, -0.1) is 10.2 Å². The largest absolute Gasteiger partial charge is 0.364 e. The maximum Gasteiger partial charge on any atom is 0.273 e. The lowest BCUT2D eigenvalue weighted by atomic mass is 10.1. The number of nitrogens with two attached hydrogens (primary N) is 1. The van der Waals surface area contributed by atoms with E-state index in [1.165, 1.54) is 10.9 Å². The molecule has 12 nitrogen and oxygen atoms in total. The van der Waals surface area contributed by atoms with Crippen molar-refractivity contribution in [1.82, 2.24) is 35.1 Å². The highest BCUT2D eigenvalue weighted by atomic mass is 16.2. The van der Waals surface area contributed by atoms with Crippen molar-refractivity contribution in [3.63, 3.8) is 0 Å². The summed E-state index contributed by atoms with van der Waals surface area (Å²) in [7, 11) is 0. The predicted octanol–water partition coefficient (Wildman–Crippen LogP) is 0.884. The van der Waals surface area contributed by atoms with Crippen LogP contribution in [0, 0.1) is 0 Å². The summed E-state index contributed by atoms with van der Waals surface area (Å²) >= 11 is 0. The first-order chi connectivity index (χ1) is 15.5. The Labute approximate surface area is 183 Å². The Balaban J connectivity index is 1.55. The van der Waals surface area contributed by atoms with Gasteiger partial charge in [0, 0.05) is 24.8 Å². The number of hydrogen-bond acceptors (Lipinski definition) is 9. The summed E-state index contributed by atoms with van der Waals surface area (Å²) in [4.78, 5) is 31.4. The Hall–Kier alpha value is -4.35. The number of likely N-dealkylation sites (tertiary alicyclic amines) is 1. The van der Waals surface area contributed by atoms with Crippen LogP contribution < -0.4 is 16.4 Å². The highest BCUT2D eigenvalue weighted by molar-refractivity contribution is 5.96. The monoisotopic (exact) mass is 434 g/mol. The van der Waals surface area contributed by atoms with Gasteiger partial charge in [-0.1, -0.05) is 12.6 Å². The Morgan fingerprint density at radius 1 is 1.22 bits per heavy atom. The van der Waals surface area contributed by atoms with Crippen LogP contribution in [0.15, 0.2) is 49.3 Å². The number of primary amides is 1. The van der Waals surface area contributed by atoms with Crippen LogP contribution in [0.1, 0.15) is 23.3 Å². The number of nitrogens with zero attached hydrogens (tertiary/aromatic N) is 7. The molecule has 4 rings (SSSR count). The normalized spacial score (nSPS) is 15.8. The van der Waals surface area contributed by atoms with Crippen LogP contribution in [0.4, 0.5) is 17.5 Å². The van der Waals surface area contributed by atoms with Gasteiger partial charge in [-0.3, -0.25) is 9.59 Å². The van der Waals surface area contributed by atoms with Gasteiger partial charge in [-0.25, -0.2) is 0 Å². The Kier molecular flexibility index (Phi) is 6.01. The van der Waals surface area contributed by atoms with Crippen molar-refractivity contribution < 1.29 is 9.59 Å². The van der Waals surface area contributed by atoms with Gasteiger partial charge in [0.2, 0.25) is 11.9 Å². The molecule has 1 atom stereocenters. The van der Waals surface area contributed by atoms with E-state index in [1.54, 1.807) is 29.4 Å². The minimum absolute atomic E-state index is 0.0593. The van der Waals surface area contributed by atoms with E-state index >= 15 is 0 Å². The second-order valence-corrected chi connectivity index (χ2v) is 7.16. The maximum atomic E-state index is 11.9. The number of piperidine rings is 1. The van der Waals surface area contributed by atoms with Crippen molar-refractivity contribution in [2.75, 3.05) is 23.7 Å². The summed E-state index contributed by atoms with van der Waals surface area (Å²) in [5, 5.41) is 22.4. The van der Waals surface area contributed by atoms with Gasteiger partial charge in [-0.05, 0) is 37.1 Å². The molecule has 1 aliphatic rings. The van der Waals surface area contributed by atoms with Crippen LogP contribution in [-0.4, -0.2) is 66.0 Å². The number of aromatic nitrogens is 6. The average molecular weight is 434 g/mol. The van der Waals surface area contributed by atoms with E-state index in [1.807, 2.05) is 12.1 Å². The van der Waals surface area contributed by atoms with Crippen molar-refractivity contribution in [2.24, 2.45) is 5.73 Å². The first kappa shape index (κ1) is 20.9. The van der Waals surface area contributed by atoms with Gasteiger partial charge in [0.1, 0.15) is 0 Å². The van der Waals surface area contributed by atoms with Crippen molar-refractivity contribution >= 4 is 29.3 Å². The summed E-state index contributed by atoms with van der Waals surface area (Å²) in [5.74, 6) is -0.492. The molecule has 3 heterocycles. The molecule has 0 spiro atoms. The van der Waals surface area contributed by atoms with Gasteiger partial charge < -0.3 is 21.3 Å². The number of amides is 2. The lowest BCUT2D eigenvalue weighted by Crippen LogP contribution is -2.44. The van der Waals surface area contributed by atoms with Gasteiger partial charge in [0.15, 0.2) is 11.5 Å². The number of benzene rings is 1. The maximum absolute atomic E-state index is 11.9. The van der Waals surface area contributed by atoms with E-state index < -0.39 is 5.91 Å². The van der Waals surface area contributed by atoms with Crippen LogP contribution in [-0.2, 0) is 4.79 Å². The number of nitrogens with one attached hydrogen (secondary N) is 2. The number of anilines is 3. The summed E-state index contributed by atoms with van der Waals surface area (Å²) < 4.78 is 0. The smallest absolute Gasteiger partial charge is 0.273 e. The zero-order valence-electron chi connectivity index (χ0n) is 17.2. The Bertz CT molecular complexity index is 1130. The molecule has 2 amide bonds. The molecule has 3 aromatic rings. The number of rotatable bonds is 7. The van der Waals surface area contributed by atoms with Crippen molar-refractivity contribution in [3.05, 3.63) is 55.0 Å². The second-order valence-electron chi connectivity index (χ2n) is 7.16. The molecule has 0 saturated carbocycles. The molecule has 1 saturated heterocycles. The van der Waals surface area contributed by atoms with Gasteiger partial charge in [0.05, 0.1) is 18.1 Å². The SMILES string of the molecule is C=CC(=O)N1CCC[C@@H](Nc2nnc(C(N)=O)c(Nc3cccc(-n4nccn4)c3)n2)C1. The summed E-state index contributed by atoms with van der Waals surface area (Å²) in [6.45, 7) is 4.71. The summed E-state index contributed by atoms with van der Waals surface area (Å²) in [5.41, 5.74) is 6.72. The molecule has 0 radical (unpaired) electrons. The summed E-state index contributed by atoms with van der Waals surface area (Å²) in [6.07, 6.45) is 6.13. The van der Waals surface area contributed by atoms with Crippen LogP contribution >= 0.6 is 0 Å². The molecular weight excluding hydrogens is 412 g/mol. The molecule has 1 aliphatic heterocycles. The van der Waals surface area contributed by atoms with E-state index in [4.69, 9.17) is 5.73 Å². The topological polar surface area (TPSA) is 157 Å².